The molecule has 11 heteroatoms. The summed E-state index contributed by atoms with van der Waals surface area (Å²) in [6, 6.07) is 8.47. The molecular weight excluding hydrogens is 430 g/mol. The molecule has 1 amide bonds. The number of carbonyl (C=O) groups is 1. The maximum Gasteiger partial charge on any atom is 0.271 e. The number of aliphatic hydroxyl groups is 2. The minimum atomic E-state index is -3.50. The second-order valence-corrected chi connectivity index (χ2v) is 9.71. The molecular formula is C19H27N3O6S2. The first-order valence-electron chi connectivity index (χ1n) is 9.22. The topological polar surface area (TPSA) is 129 Å². The number of aromatic nitrogens is 1. The summed E-state index contributed by atoms with van der Waals surface area (Å²) in [7, 11) is -0.654. The second-order valence-electron chi connectivity index (χ2n) is 6.85. The van der Waals surface area contributed by atoms with Crippen molar-refractivity contribution in [3.8, 4) is 0 Å². The maximum absolute atomic E-state index is 12.7. The Hall–Kier alpha value is -2.05. The molecule has 9 nitrogen and oxygen atoms in total. The molecule has 0 bridgehead atoms. The van der Waals surface area contributed by atoms with Crippen LogP contribution in [0.2, 0.25) is 0 Å². The highest BCUT2D eigenvalue weighted by atomic mass is 32.2. The Balaban J connectivity index is 2.18. The monoisotopic (exact) mass is 457 g/mol. The van der Waals surface area contributed by atoms with Gasteiger partial charge in [-0.3, -0.25) is 4.79 Å². The van der Waals surface area contributed by atoms with E-state index in [0.717, 1.165) is 27.5 Å². The summed E-state index contributed by atoms with van der Waals surface area (Å²) in [5.74, 6) is -0.571. The average molecular weight is 458 g/mol. The van der Waals surface area contributed by atoms with E-state index in [-0.39, 0.29) is 30.3 Å². The van der Waals surface area contributed by atoms with E-state index in [2.05, 4.69) is 10.3 Å². The van der Waals surface area contributed by atoms with E-state index in [1.54, 1.807) is 0 Å². The first kappa shape index (κ1) is 24.2. The molecule has 2 rings (SSSR count). The van der Waals surface area contributed by atoms with E-state index in [4.69, 9.17) is 4.74 Å². The van der Waals surface area contributed by atoms with Crippen LogP contribution in [0.3, 0.4) is 0 Å². The van der Waals surface area contributed by atoms with Crippen LogP contribution in [-0.4, -0.2) is 74.8 Å². The number of nitrogens with zero attached hydrogens (tertiary/aromatic N) is 2. The lowest BCUT2D eigenvalue weighted by molar-refractivity contribution is -0.0177. The predicted molar refractivity (Wildman–Crippen MR) is 115 cm³/mol. The molecule has 30 heavy (non-hydrogen) atoms. The fourth-order valence-corrected chi connectivity index (χ4v) is 4.24. The molecule has 0 saturated heterocycles. The highest BCUT2D eigenvalue weighted by molar-refractivity contribution is 7.92. The normalized spacial score (nSPS) is 14.7. The number of carbonyl (C=O) groups excluding carboxylic acids is 1. The van der Waals surface area contributed by atoms with Crippen LogP contribution in [0, 0.1) is 0 Å². The minimum Gasteiger partial charge on any atom is -0.390 e. The Morgan fingerprint density at radius 2 is 1.97 bits per heavy atom. The van der Waals surface area contributed by atoms with Gasteiger partial charge in [0.2, 0.25) is 10.0 Å². The van der Waals surface area contributed by atoms with Crippen molar-refractivity contribution in [3.05, 3.63) is 47.0 Å². The van der Waals surface area contributed by atoms with Crippen LogP contribution in [0.5, 0.6) is 0 Å². The summed E-state index contributed by atoms with van der Waals surface area (Å²) in [5, 5.41) is 25.2. The molecule has 1 aromatic heterocycles. The van der Waals surface area contributed by atoms with Gasteiger partial charge in [0.25, 0.3) is 5.91 Å². The molecule has 1 aromatic carbocycles. The number of ether oxygens (including phenoxy) is 1. The van der Waals surface area contributed by atoms with Gasteiger partial charge >= 0.3 is 0 Å². The van der Waals surface area contributed by atoms with Gasteiger partial charge in [-0.15, -0.1) is 11.3 Å². The first-order chi connectivity index (χ1) is 14.1. The van der Waals surface area contributed by atoms with E-state index in [0.29, 0.717) is 0 Å². The summed E-state index contributed by atoms with van der Waals surface area (Å²) < 4.78 is 29.3. The standard InChI is InChI=1S/C19H27N3O6S2/c1-22(30(3,26)27)19-21-15(12-29-19)18(25)20-14(11-13-7-5-4-6-8-13)17(24)16(23)9-10-28-2/h4-8,12,14,16-17,23-24H,9-11H2,1-3H3,(H,20,25). The second kappa shape index (κ2) is 10.8. The lowest BCUT2D eigenvalue weighted by atomic mass is 9.96. The Labute approximate surface area is 180 Å². The number of thiazole rings is 1. The molecule has 0 aliphatic carbocycles. The molecule has 0 saturated carbocycles. The number of amides is 1. The SMILES string of the molecule is COCCC(O)C(O)C(Cc1ccccc1)NC(=O)c1csc(N(C)S(C)(=O)=O)n1. The highest BCUT2D eigenvalue weighted by Gasteiger charge is 2.29. The van der Waals surface area contributed by atoms with E-state index in [9.17, 15) is 23.4 Å². The van der Waals surface area contributed by atoms with Gasteiger partial charge in [0.1, 0.15) is 11.8 Å². The Kier molecular flexibility index (Phi) is 8.74. The van der Waals surface area contributed by atoms with Crippen LogP contribution in [-0.2, 0) is 21.2 Å². The van der Waals surface area contributed by atoms with Crippen LogP contribution in [0.4, 0.5) is 5.13 Å². The summed E-state index contributed by atoms with van der Waals surface area (Å²) in [5.41, 5.74) is 0.902. The summed E-state index contributed by atoms with van der Waals surface area (Å²) in [6.45, 7) is 0.261. The van der Waals surface area contributed by atoms with Crippen LogP contribution in [0.1, 0.15) is 22.5 Å². The zero-order valence-corrected chi connectivity index (χ0v) is 18.7. The van der Waals surface area contributed by atoms with E-state index >= 15 is 0 Å². The molecule has 0 radical (unpaired) electrons. The highest BCUT2D eigenvalue weighted by Crippen LogP contribution is 2.21. The Bertz CT molecular complexity index is 919. The number of benzene rings is 1. The minimum absolute atomic E-state index is 0.0298. The van der Waals surface area contributed by atoms with Crippen molar-refractivity contribution < 1.29 is 28.2 Å². The number of sulfonamides is 1. The van der Waals surface area contributed by atoms with Gasteiger partial charge in [0, 0.05) is 26.1 Å². The number of hydrogen-bond acceptors (Lipinski definition) is 8. The van der Waals surface area contributed by atoms with E-state index in [1.807, 2.05) is 30.3 Å². The molecule has 3 unspecified atom stereocenters. The molecule has 0 fully saturated rings. The zero-order valence-electron chi connectivity index (χ0n) is 17.1. The third kappa shape index (κ3) is 6.74. The lowest BCUT2D eigenvalue weighted by Crippen LogP contribution is -2.50. The number of nitrogens with one attached hydrogen (secondary N) is 1. The van der Waals surface area contributed by atoms with Crippen LogP contribution in [0.25, 0.3) is 0 Å². The van der Waals surface area contributed by atoms with Crippen LogP contribution >= 0.6 is 11.3 Å². The van der Waals surface area contributed by atoms with Crippen molar-refractivity contribution in [2.24, 2.45) is 0 Å². The summed E-state index contributed by atoms with van der Waals surface area (Å²) in [4.78, 5) is 16.8. The molecule has 0 spiro atoms. The predicted octanol–water partition coefficient (Wildman–Crippen LogP) is 0.638. The molecule has 3 atom stereocenters. The molecule has 3 N–H and O–H groups in total. The zero-order chi connectivity index (χ0) is 22.3. The first-order valence-corrected chi connectivity index (χ1v) is 12.0. The van der Waals surface area contributed by atoms with Crippen molar-refractivity contribution in [2.45, 2.75) is 31.1 Å². The van der Waals surface area contributed by atoms with Crippen molar-refractivity contribution in [2.75, 3.05) is 31.3 Å². The Morgan fingerprint density at radius 3 is 2.57 bits per heavy atom. The quantitative estimate of drug-likeness (QED) is 0.451. The van der Waals surface area contributed by atoms with Crippen molar-refractivity contribution >= 4 is 32.4 Å². The van der Waals surface area contributed by atoms with E-state index in [1.165, 1.54) is 19.5 Å². The van der Waals surface area contributed by atoms with Gasteiger partial charge in [0.05, 0.1) is 18.4 Å². The lowest BCUT2D eigenvalue weighted by Gasteiger charge is -2.27. The van der Waals surface area contributed by atoms with E-state index < -0.39 is 34.2 Å². The number of methoxy groups -OCH3 is 1. The fourth-order valence-electron chi connectivity index (χ4n) is 2.70. The summed E-state index contributed by atoms with van der Waals surface area (Å²) in [6.07, 6.45) is -0.791. The van der Waals surface area contributed by atoms with Crippen LogP contribution in [0.15, 0.2) is 35.7 Å². The summed E-state index contributed by atoms with van der Waals surface area (Å²) >= 11 is 1.02. The van der Waals surface area contributed by atoms with Crippen molar-refractivity contribution in [1.29, 1.82) is 0 Å². The van der Waals surface area contributed by atoms with Crippen LogP contribution < -0.4 is 9.62 Å². The van der Waals surface area contributed by atoms with Gasteiger partial charge in [-0.2, -0.15) is 0 Å². The Morgan fingerprint density at radius 1 is 1.30 bits per heavy atom. The molecule has 166 valence electrons. The number of anilines is 1. The largest absolute Gasteiger partial charge is 0.390 e. The number of hydrogen-bond donors (Lipinski definition) is 3. The molecule has 0 aliphatic heterocycles. The number of rotatable bonds is 11. The van der Waals surface area contributed by atoms with Gasteiger partial charge in [-0.25, -0.2) is 17.7 Å². The van der Waals surface area contributed by atoms with Crippen molar-refractivity contribution in [1.82, 2.24) is 10.3 Å². The van der Waals surface area contributed by atoms with Gasteiger partial charge in [-0.05, 0) is 18.4 Å². The van der Waals surface area contributed by atoms with Crippen molar-refractivity contribution in [3.63, 3.8) is 0 Å². The maximum atomic E-state index is 12.7. The molecule has 1 heterocycles. The smallest absolute Gasteiger partial charge is 0.271 e. The van der Waals surface area contributed by atoms with Gasteiger partial charge < -0.3 is 20.3 Å². The third-order valence-corrected chi connectivity index (χ3v) is 6.73. The van der Waals surface area contributed by atoms with Gasteiger partial charge in [-0.1, -0.05) is 30.3 Å². The average Bonchev–Trinajstić information content (AvgIpc) is 3.20. The third-order valence-electron chi connectivity index (χ3n) is 4.53. The molecule has 0 aliphatic rings. The fraction of sp³-hybridized carbons (Fsp3) is 0.474. The number of aliphatic hydroxyl groups excluding tert-OH is 2. The molecule has 2 aromatic rings. The van der Waals surface area contributed by atoms with Gasteiger partial charge in [0.15, 0.2) is 5.13 Å².